The monoisotopic (exact) mass is 414 g/mol. The molecule has 1 aliphatic rings. The van der Waals surface area contributed by atoms with Gasteiger partial charge in [0.25, 0.3) is 0 Å². The van der Waals surface area contributed by atoms with Gasteiger partial charge in [0, 0.05) is 47.0 Å². The molecule has 0 radical (unpaired) electrons. The Balaban J connectivity index is 0.00000225. The first-order valence-electron chi connectivity index (χ1n) is 9.07. The Bertz CT molecular complexity index is 1010. The highest BCUT2D eigenvalue weighted by atomic mass is 35.5. The van der Waals surface area contributed by atoms with Gasteiger partial charge in [-0.3, -0.25) is 4.79 Å². The fraction of sp³-hybridized carbons (Fsp3) is 0.238. The van der Waals surface area contributed by atoms with Crippen molar-refractivity contribution >= 4 is 51.6 Å². The van der Waals surface area contributed by atoms with Gasteiger partial charge in [0.05, 0.1) is 6.54 Å². The summed E-state index contributed by atoms with van der Waals surface area (Å²) in [6, 6.07) is 10.4. The fourth-order valence-electron chi connectivity index (χ4n) is 3.20. The molecule has 0 saturated carbocycles. The third-order valence-corrected chi connectivity index (χ3v) is 5.96. The number of hydrogen-bond donors (Lipinski definition) is 3. The lowest BCUT2D eigenvalue weighted by Gasteiger charge is -2.06. The molecule has 2 aromatic heterocycles. The van der Waals surface area contributed by atoms with E-state index < -0.39 is 0 Å². The van der Waals surface area contributed by atoms with Crippen molar-refractivity contribution in [2.75, 3.05) is 18.4 Å². The molecule has 0 unspecified atom stereocenters. The highest BCUT2D eigenvalue weighted by Crippen LogP contribution is 2.30. The first-order valence-corrected chi connectivity index (χ1v) is 9.89. The molecule has 1 aromatic carbocycles. The molecule has 146 valence electrons. The zero-order chi connectivity index (χ0) is 18.6. The van der Waals surface area contributed by atoms with Gasteiger partial charge in [-0.05, 0) is 41.6 Å². The molecule has 1 amide bonds. The summed E-state index contributed by atoms with van der Waals surface area (Å²) in [5, 5.41) is 10.9. The lowest BCUT2D eigenvalue weighted by atomic mass is 10.1. The summed E-state index contributed by atoms with van der Waals surface area (Å²) >= 11 is 1.74. The van der Waals surface area contributed by atoms with Crippen LogP contribution in [-0.2, 0) is 17.9 Å². The van der Waals surface area contributed by atoms with Crippen LogP contribution in [0.25, 0.3) is 16.2 Å². The maximum atomic E-state index is 12.2. The van der Waals surface area contributed by atoms with Gasteiger partial charge in [-0.1, -0.05) is 18.2 Å². The Morgan fingerprint density at radius 3 is 3.04 bits per heavy atom. The summed E-state index contributed by atoms with van der Waals surface area (Å²) in [6.45, 7) is 5.23. The van der Waals surface area contributed by atoms with E-state index in [0.29, 0.717) is 6.54 Å². The smallest absolute Gasteiger partial charge is 0.244 e. The molecule has 0 saturated heterocycles. The SMILES string of the molecule is Cc1c(CNC(=O)/C=C/c2cnc3c(c2)CNCCN3)sc2ccccc12.Cl. The average molecular weight is 415 g/mol. The van der Waals surface area contributed by atoms with Crippen LogP contribution in [-0.4, -0.2) is 24.0 Å². The Morgan fingerprint density at radius 1 is 1.32 bits per heavy atom. The van der Waals surface area contributed by atoms with Crippen LogP contribution in [0, 0.1) is 6.92 Å². The Hall–Kier alpha value is -2.41. The molecule has 1 aliphatic heterocycles. The van der Waals surface area contributed by atoms with Gasteiger partial charge >= 0.3 is 0 Å². The maximum Gasteiger partial charge on any atom is 0.244 e. The second kappa shape index (κ2) is 9.19. The van der Waals surface area contributed by atoms with E-state index in [1.165, 1.54) is 20.5 Å². The Morgan fingerprint density at radius 2 is 2.18 bits per heavy atom. The number of thiophene rings is 1. The van der Waals surface area contributed by atoms with Crippen LogP contribution in [0.15, 0.2) is 42.6 Å². The van der Waals surface area contributed by atoms with E-state index in [2.05, 4.69) is 46.1 Å². The minimum absolute atomic E-state index is 0. The third kappa shape index (κ3) is 4.52. The maximum absolute atomic E-state index is 12.2. The summed E-state index contributed by atoms with van der Waals surface area (Å²) in [6.07, 6.45) is 5.17. The van der Waals surface area contributed by atoms with Crippen molar-refractivity contribution in [3.63, 3.8) is 0 Å². The zero-order valence-electron chi connectivity index (χ0n) is 15.6. The van der Waals surface area contributed by atoms with Crippen LogP contribution in [0.5, 0.6) is 0 Å². The van der Waals surface area contributed by atoms with Gasteiger partial charge in [-0.2, -0.15) is 0 Å². The number of benzene rings is 1. The van der Waals surface area contributed by atoms with E-state index in [1.54, 1.807) is 23.6 Å². The van der Waals surface area contributed by atoms with Gasteiger partial charge in [-0.25, -0.2) is 4.98 Å². The number of fused-ring (bicyclic) bond motifs is 2. The molecular formula is C21H23ClN4OS. The van der Waals surface area contributed by atoms with E-state index in [-0.39, 0.29) is 18.3 Å². The van der Waals surface area contributed by atoms with Crippen LogP contribution in [0.1, 0.15) is 21.6 Å². The largest absolute Gasteiger partial charge is 0.369 e. The summed E-state index contributed by atoms with van der Waals surface area (Å²) in [7, 11) is 0. The molecule has 0 atom stereocenters. The minimum atomic E-state index is -0.0990. The first-order chi connectivity index (χ1) is 13.2. The number of nitrogens with one attached hydrogen (secondary N) is 3. The van der Waals surface area contributed by atoms with Crippen LogP contribution in [0.4, 0.5) is 5.82 Å². The lowest BCUT2D eigenvalue weighted by Crippen LogP contribution is -2.20. The first kappa shape index (κ1) is 20.3. The number of anilines is 1. The molecule has 5 nitrogen and oxygen atoms in total. The number of carbonyl (C=O) groups is 1. The van der Waals surface area contributed by atoms with Gasteiger partial charge in [0.15, 0.2) is 0 Å². The van der Waals surface area contributed by atoms with Gasteiger partial charge < -0.3 is 16.0 Å². The van der Waals surface area contributed by atoms with Gasteiger partial charge in [-0.15, -0.1) is 23.7 Å². The summed E-state index contributed by atoms with van der Waals surface area (Å²) in [5.41, 5.74) is 3.29. The molecule has 0 spiro atoms. The fourth-order valence-corrected chi connectivity index (χ4v) is 4.35. The molecule has 3 N–H and O–H groups in total. The van der Waals surface area contributed by atoms with Gasteiger partial charge in [0.2, 0.25) is 5.91 Å². The highest BCUT2D eigenvalue weighted by molar-refractivity contribution is 7.19. The molecule has 3 heterocycles. The number of rotatable bonds is 4. The van der Waals surface area contributed by atoms with Crippen LogP contribution in [0.3, 0.4) is 0 Å². The number of pyridine rings is 1. The molecule has 0 aliphatic carbocycles. The van der Waals surface area contributed by atoms with Gasteiger partial charge in [0.1, 0.15) is 5.82 Å². The number of carbonyl (C=O) groups excluding carboxylic acids is 1. The second-order valence-electron chi connectivity index (χ2n) is 6.58. The van der Waals surface area contributed by atoms with Crippen molar-refractivity contribution in [2.45, 2.75) is 20.0 Å². The predicted molar refractivity (Wildman–Crippen MR) is 119 cm³/mol. The van der Waals surface area contributed by atoms with Crippen LogP contribution < -0.4 is 16.0 Å². The molecule has 4 rings (SSSR count). The van der Waals surface area contributed by atoms with Crippen LogP contribution in [0.2, 0.25) is 0 Å². The average Bonchev–Trinajstić information content (AvgIpc) is 2.86. The van der Waals surface area contributed by atoms with E-state index >= 15 is 0 Å². The second-order valence-corrected chi connectivity index (χ2v) is 7.71. The van der Waals surface area contributed by atoms with Crippen molar-refractivity contribution in [1.29, 1.82) is 0 Å². The summed E-state index contributed by atoms with van der Waals surface area (Å²) in [5.74, 6) is 0.819. The molecular weight excluding hydrogens is 392 g/mol. The standard InChI is InChI=1S/C21H22N4OS.ClH/c1-14-17-4-2-3-5-18(17)27-19(14)13-24-20(26)7-6-15-10-16-12-22-8-9-23-21(16)25-11-15;/h2-7,10-11,22H,8-9,12-13H2,1H3,(H,23,25)(H,24,26);1H/b7-6+;. The van der Waals surface area contributed by atoms with E-state index in [1.807, 2.05) is 18.2 Å². The number of hydrogen-bond acceptors (Lipinski definition) is 5. The topological polar surface area (TPSA) is 66.0 Å². The zero-order valence-corrected chi connectivity index (χ0v) is 17.3. The number of halogens is 1. The number of amides is 1. The van der Waals surface area contributed by atoms with Crippen molar-refractivity contribution in [3.8, 4) is 0 Å². The van der Waals surface area contributed by atoms with Crippen molar-refractivity contribution < 1.29 is 4.79 Å². The number of nitrogens with zero attached hydrogens (tertiary/aromatic N) is 1. The molecule has 0 fully saturated rings. The van der Waals surface area contributed by atoms with Crippen molar-refractivity contribution in [3.05, 3.63) is 64.2 Å². The summed E-state index contributed by atoms with van der Waals surface area (Å²) < 4.78 is 1.26. The third-order valence-electron chi connectivity index (χ3n) is 4.69. The summed E-state index contributed by atoms with van der Waals surface area (Å²) in [4.78, 5) is 17.9. The normalized spacial score (nSPS) is 13.5. The van der Waals surface area contributed by atoms with E-state index in [9.17, 15) is 4.79 Å². The van der Waals surface area contributed by atoms with Crippen molar-refractivity contribution in [2.24, 2.45) is 0 Å². The minimum Gasteiger partial charge on any atom is -0.369 e. The molecule has 28 heavy (non-hydrogen) atoms. The van der Waals surface area contributed by atoms with E-state index in [4.69, 9.17) is 0 Å². The van der Waals surface area contributed by atoms with E-state index in [0.717, 1.165) is 36.6 Å². The quantitative estimate of drug-likeness (QED) is 0.567. The van der Waals surface area contributed by atoms with Crippen LogP contribution >= 0.6 is 23.7 Å². The lowest BCUT2D eigenvalue weighted by molar-refractivity contribution is -0.116. The Kier molecular flexibility index (Phi) is 6.67. The molecule has 3 aromatic rings. The highest BCUT2D eigenvalue weighted by Gasteiger charge is 2.09. The predicted octanol–water partition coefficient (Wildman–Crippen LogP) is 3.87. The molecule has 7 heteroatoms. The Labute approximate surface area is 174 Å². The number of aromatic nitrogens is 1. The van der Waals surface area contributed by atoms with Crippen molar-refractivity contribution in [1.82, 2.24) is 15.6 Å². The number of aryl methyl sites for hydroxylation is 1. The molecule has 0 bridgehead atoms.